The van der Waals surface area contributed by atoms with Gasteiger partial charge in [-0.25, -0.2) is 4.39 Å². The second-order valence-electron chi connectivity index (χ2n) is 3.16. The normalized spacial score (nSPS) is 11.4. The number of carbonyl (C=O) groups excluding carboxylic acids is 1. The van der Waals surface area contributed by atoms with E-state index in [9.17, 15) is 22.4 Å². The lowest BCUT2D eigenvalue weighted by molar-refractivity contribution is -0.141. The molecule has 94 valence electrons. The highest BCUT2D eigenvalue weighted by Gasteiger charge is 2.35. The molecule has 0 bridgehead atoms. The van der Waals surface area contributed by atoms with Crippen LogP contribution in [0.1, 0.15) is 11.1 Å². The van der Waals surface area contributed by atoms with Crippen LogP contribution in [0.25, 0.3) is 0 Å². The van der Waals surface area contributed by atoms with Gasteiger partial charge in [0.2, 0.25) is 0 Å². The summed E-state index contributed by atoms with van der Waals surface area (Å²) in [5, 5.41) is -0.386. The first-order chi connectivity index (χ1) is 7.75. The predicted octanol–water partition coefficient (Wildman–Crippen LogP) is 3.21. The van der Waals surface area contributed by atoms with Crippen molar-refractivity contribution in [2.45, 2.75) is 12.6 Å². The number of benzene rings is 1. The molecule has 17 heavy (non-hydrogen) atoms. The molecule has 0 atom stereocenters. The van der Waals surface area contributed by atoms with Gasteiger partial charge in [0.1, 0.15) is 5.82 Å². The van der Waals surface area contributed by atoms with Gasteiger partial charge in [-0.05, 0) is 12.1 Å². The van der Waals surface area contributed by atoms with E-state index in [0.717, 1.165) is 13.2 Å². The number of rotatable bonds is 2. The molecule has 0 saturated heterocycles. The molecule has 1 aromatic carbocycles. The maximum absolute atomic E-state index is 13.3. The molecule has 0 spiro atoms. The highest BCUT2D eigenvalue weighted by atomic mass is 35.5. The number of hydrogen-bond donors (Lipinski definition) is 0. The molecule has 1 rings (SSSR count). The highest BCUT2D eigenvalue weighted by Crippen LogP contribution is 2.35. The topological polar surface area (TPSA) is 26.3 Å². The van der Waals surface area contributed by atoms with Gasteiger partial charge in [0.05, 0.1) is 19.1 Å². The first kappa shape index (κ1) is 13.8. The second-order valence-corrected chi connectivity index (χ2v) is 3.60. The molecule has 0 aromatic heterocycles. The third kappa shape index (κ3) is 3.33. The third-order valence-electron chi connectivity index (χ3n) is 2.01. The summed E-state index contributed by atoms with van der Waals surface area (Å²) in [6, 6.07) is 1.29. The Labute approximate surface area is 99.1 Å². The molecule has 7 heteroatoms. The van der Waals surface area contributed by atoms with Gasteiger partial charge < -0.3 is 4.74 Å². The lowest BCUT2D eigenvalue weighted by Gasteiger charge is -2.13. The molecule has 0 N–H and O–H groups in total. The van der Waals surface area contributed by atoms with Crippen LogP contribution >= 0.6 is 11.6 Å². The summed E-state index contributed by atoms with van der Waals surface area (Å²) in [5.41, 5.74) is -2.04. The van der Waals surface area contributed by atoms with Crippen LogP contribution in [0.4, 0.5) is 17.6 Å². The van der Waals surface area contributed by atoms with Crippen LogP contribution in [0.5, 0.6) is 0 Å². The molecule has 0 radical (unpaired) electrons. The lowest BCUT2D eigenvalue weighted by Crippen LogP contribution is -2.15. The molecule has 2 nitrogen and oxygen atoms in total. The molecular formula is C10H7ClF4O2. The van der Waals surface area contributed by atoms with Gasteiger partial charge in [0.15, 0.2) is 0 Å². The fourth-order valence-corrected chi connectivity index (χ4v) is 1.46. The Hall–Kier alpha value is -1.30. The van der Waals surface area contributed by atoms with Gasteiger partial charge in [-0.1, -0.05) is 11.6 Å². The summed E-state index contributed by atoms with van der Waals surface area (Å²) in [7, 11) is 1.00. The van der Waals surface area contributed by atoms with Crippen molar-refractivity contribution in [2.24, 2.45) is 0 Å². The van der Waals surface area contributed by atoms with Crippen molar-refractivity contribution in [1.29, 1.82) is 0 Å². The van der Waals surface area contributed by atoms with E-state index in [1.165, 1.54) is 0 Å². The fourth-order valence-electron chi connectivity index (χ4n) is 1.25. The summed E-state index contributed by atoms with van der Waals surface area (Å²) >= 11 is 5.34. The van der Waals surface area contributed by atoms with Crippen molar-refractivity contribution in [3.8, 4) is 0 Å². The quantitative estimate of drug-likeness (QED) is 0.609. The highest BCUT2D eigenvalue weighted by molar-refractivity contribution is 6.30. The van der Waals surface area contributed by atoms with Crippen molar-refractivity contribution < 1.29 is 27.1 Å². The van der Waals surface area contributed by atoms with E-state index in [-0.39, 0.29) is 5.02 Å². The second kappa shape index (κ2) is 4.91. The van der Waals surface area contributed by atoms with Crippen LogP contribution in [0.3, 0.4) is 0 Å². The molecule has 0 aliphatic carbocycles. The number of ether oxygens (including phenoxy) is 1. The van der Waals surface area contributed by atoms with E-state index in [2.05, 4.69) is 4.74 Å². The van der Waals surface area contributed by atoms with Crippen LogP contribution < -0.4 is 0 Å². The molecule has 0 amide bonds. The van der Waals surface area contributed by atoms with Crippen LogP contribution in [0.15, 0.2) is 12.1 Å². The third-order valence-corrected chi connectivity index (χ3v) is 2.23. The van der Waals surface area contributed by atoms with Crippen molar-refractivity contribution in [3.05, 3.63) is 34.1 Å². The van der Waals surface area contributed by atoms with Crippen LogP contribution in [0.2, 0.25) is 5.02 Å². The molecule has 0 heterocycles. The standard InChI is InChI=1S/C10H7ClF4O2/c1-17-9(16)4-6-7(10(13,14)15)2-5(11)3-8(6)12/h2-3H,4H2,1H3. The minimum atomic E-state index is -4.78. The maximum Gasteiger partial charge on any atom is 0.416 e. The predicted molar refractivity (Wildman–Crippen MR) is 52.1 cm³/mol. The van der Waals surface area contributed by atoms with Crippen molar-refractivity contribution in [2.75, 3.05) is 7.11 Å². The van der Waals surface area contributed by atoms with Gasteiger partial charge in [0.25, 0.3) is 0 Å². The summed E-state index contributed by atoms with van der Waals surface area (Å²) in [4.78, 5) is 10.9. The van der Waals surface area contributed by atoms with Crippen LogP contribution in [0, 0.1) is 5.82 Å². The Balaban J connectivity index is 3.31. The van der Waals surface area contributed by atoms with Gasteiger partial charge in [-0.2, -0.15) is 13.2 Å². The Morgan fingerprint density at radius 3 is 2.47 bits per heavy atom. The van der Waals surface area contributed by atoms with Gasteiger partial charge in [-0.15, -0.1) is 0 Å². The average Bonchev–Trinajstić information content (AvgIpc) is 2.19. The summed E-state index contributed by atoms with van der Waals surface area (Å²) in [5.74, 6) is -2.15. The maximum atomic E-state index is 13.3. The molecular weight excluding hydrogens is 264 g/mol. The van der Waals surface area contributed by atoms with E-state index in [1.807, 2.05) is 0 Å². The van der Waals surface area contributed by atoms with Crippen LogP contribution in [-0.2, 0) is 22.1 Å². The number of hydrogen-bond acceptors (Lipinski definition) is 2. The number of halogens is 5. The lowest BCUT2D eigenvalue weighted by atomic mass is 10.0. The molecule has 0 fully saturated rings. The number of methoxy groups -OCH3 is 1. The molecule has 0 saturated carbocycles. The molecule has 1 aromatic rings. The first-order valence-corrected chi connectivity index (χ1v) is 4.75. The van der Waals surface area contributed by atoms with Crippen molar-refractivity contribution in [3.63, 3.8) is 0 Å². The Bertz CT molecular complexity index is 443. The van der Waals surface area contributed by atoms with E-state index in [0.29, 0.717) is 6.07 Å². The molecule has 0 aliphatic rings. The number of carbonyl (C=O) groups is 1. The number of alkyl halides is 3. The fraction of sp³-hybridized carbons (Fsp3) is 0.300. The van der Waals surface area contributed by atoms with E-state index >= 15 is 0 Å². The van der Waals surface area contributed by atoms with Gasteiger partial charge in [-0.3, -0.25) is 4.79 Å². The van der Waals surface area contributed by atoms with E-state index in [4.69, 9.17) is 11.6 Å². The zero-order valence-electron chi connectivity index (χ0n) is 8.57. The van der Waals surface area contributed by atoms with E-state index in [1.54, 1.807) is 0 Å². The van der Waals surface area contributed by atoms with Crippen molar-refractivity contribution >= 4 is 17.6 Å². The molecule has 0 unspecified atom stereocenters. The van der Waals surface area contributed by atoms with Gasteiger partial charge >= 0.3 is 12.1 Å². The number of esters is 1. The summed E-state index contributed by atoms with van der Waals surface area (Å²) in [6.45, 7) is 0. The van der Waals surface area contributed by atoms with Gasteiger partial charge in [0, 0.05) is 10.6 Å². The Kier molecular flexibility index (Phi) is 3.98. The average molecular weight is 271 g/mol. The molecule has 0 aliphatic heterocycles. The zero-order chi connectivity index (χ0) is 13.2. The monoisotopic (exact) mass is 270 g/mol. The van der Waals surface area contributed by atoms with E-state index < -0.39 is 35.5 Å². The summed E-state index contributed by atoms with van der Waals surface area (Å²) < 4.78 is 55.3. The summed E-state index contributed by atoms with van der Waals surface area (Å²) in [6.07, 6.45) is -5.58. The minimum absolute atomic E-state index is 0.386. The van der Waals surface area contributed by atoms with Crippen LogP contribution in [-0.4, -0.2) is 13.1 Å². The zero-order valence-corrected chi connectivity index (χ0v) is 9.32. The SMILES string of the molecule is COC(=O)Cc1c(F)cc(Cl)cc1C(F)(F)F. The Morgan fingerprint density at radius 1 is 1.41 bits per heavy atom. The largest absolute Gasteiger partial charge is 0.469 e. The smallest absolute Gasteiger partial charge is 0.416 e. The first-order valence-electron chi connectivity index (χ1n) is 4.37. The van der Waals surface area contributed by atoms with Crippen molar-refractivity contribution in [1.82, 2.24) is 0 Å². The minimum Gasteiger partial charge on any atom is -0.469 e. The Morgan fingerprint density at radius 2 is 2.00 bits per heavy atom.